The van der Waals surface area contributed by atoms with Crippen molar-refractivity contribution in [1.82, 2.24) is 20.6 Å². The van der Waals surface area contributed by atoms with Crippen LogP contribution < -0.4 is 15.4 Å². The lowest BCUT2D eigenvalue weighted by Crippen LogP contribution is -2.37. The molecule has 0 saturated carbocycles. The van der Waals surface area contributed by atoms with E-state index in [1.807, 2.05) is 55.6 Å². The summed E-state index contributed by atoms with van der Waals surface area (Å²) in [5.41, 5.74) is 3.14. The van der Waals surface area contributed by atoms with E-state index in [0.29, 0.717) is 19.7 Å². The number of benzene rings is 2. The van der Waals surface area contributed by atoms with E-state index in [1.54, 1.807) is 6.08 Å². The van der Waals surface area contributed by atoms with Gasteiger partial charge in [0.25, 0.3) is 0 Å². The van der Waals surface area contributed by atoms with E-state index in [2.05, 4.69) is 44.3 Å². The van der Waals surface area contributed by atoms with Crippen LogP contribution in [0.1, 0.15) is 18.3 Å². The Hall–Kier alpha value is -3.54. The van der Waals surface area contributed by atoms with Crippen LogP contribution in [0, 0.1) is 0 Å². The van der Waals surface area contributed by atoms with Crippen LogP contribution in [0.25, 0.3) is 11.3 Å². The quantitative estimate of drug-likeness (QED) is 0.295. The highest BCUT2D eigenvalue weighted by Gasteiger charge is 2.06. The molecule has 0 atom stereocenters. The molecule has 0 spiro atoms. The maximum absolute atomic E-state index is 5.71. The summed E-state index contributed by atoms with van der Waals surface area (Å²) in [7, 11) is 0. The second kappa shape index (κ2) is 10.7. The van der Waals surface area contributed by atoms with Crippen LogP contribution in [-0.4, -0.2) is 29.1 Å². The minimum atomic E-state index is 0.473. The zero-order valence-electron chi connectivity index (χ0n) is 16.7. The topological polar surface area (TPSA) is 74.3 Å². The smallest absolute Gasteiger partial charge is 0.191 e. The number of aromatic amines is 1. The third-order valence-corrected chi connectivity index (χ3v) is 4.22. The fourth-order valence-corrected chi connectivity index (χ4v) is 2.81. The van der Waals surface area contributed by atoms with Gasteiger partial charge in [-0.3, -0.25) is 0 Å². The molecule has 0 aliphatic carbocycles. The van der Waals surface area contributed by atoms with Gasteiger partial charge in [0.1, 0.15) is 18.2 Å². The van der Waals surface area contributed by atoms with E-state index in [1.165, 1.54) is 0 Å². The molecule has 0 bridgehead atoms. The lowest BCUT2D eigenvalue weighted by atomic mass is 10.2. The van der Waals surface area contributed by atoms with Crippen LogP contribution in [0.15, 0.2) is 78.4 Å². The first kappa shape index (κ1) is 20.2. The van der Waals surface area contributed by atoms with Crippen LogP contribution in [0.3, 0.4) is 0 Å². The van der Waals surface area contributed by atoms with Gasteiger partial charge in [-0.2, -0.15) is 0 Å². The molecule has 29 heavy (non-hydrogen) atoms. The van der Waals surface area contributed by atoms with Gasteiger partial charge in [0.15, 0.2) is 5.96 Å². The highest BCUT2D eigenvalue weighted by molar-refractivity contribution is 5.79. The van der Waals surface area contributed by atoms with E-state index in [9.17, 15) is 0 Å². The van der Waals surface area contributed by atoms with Crippen LogP contribution in [0.2, 0.25) is 0 Å². The predicted molar refractivity (Wildman–Crippen MR) is 118 cm³/mol. The van der Waals surface area contributed by atoms with E-state index in [0.717, 1.165) is 40.9 Å². The summed E-state index contributed by atoms with van der Waals surface area (Å²) >= 11 is 0. The Bertz CT molecular complexity index is 933. The molecule has 0 aliphatic heterocycles. The highest BCUT2D eigenvalue weighted by Crippen LogP contribution is 2.19. The summed E-state index contributed by atoms with van der Waals surface area (Å²) in [4.78, 5) is 12.5. The number of H-pyrrole nitrogens is 1. The minimum Gasteiger partial charge on any atom is -0.489 e. The third-order valence-electron chi connectivity index (χ3n) is 4.22. The molecule has 6 nitrogen and oxygen atoms in total. The lowest BCUT2D eigenvalue weighted by molar-refractivity contribution is 0.359. The summed E-state index contributed by atoms with van der Waals surface area (Å²) in [6, 6.07) is 18.1. The normalized spacial score (nSPS) is 11.1. The summed E-state index contributed by atoms with van der Waals surface area (Å²) in [6.07, 6.45) is 3.59. The van der Waals surface area contributed by atoms with Crippen molar-refractivity contribution in [2.75, 3.05) is 13.2 Å². The monoisotopic (exact) mass is 389 g/mol. The molecule has 2 aromatic carbocycles. The van der Waals surface area contributed by atoms with Gasteiger partial charge in [0, 0.05) is 12.1 Å². The zero-order valence-corrected chi connectivity index (χ0v) is 16.7. The molecule has 3 rings (SSSR count). The molecule has 0 radical (unpaired) electrons. The van der Waals surface area contributed by atoms with Crippen molar-refractivity contribution in [3.8, 4) is 17.0 Å². The molecule has 6 heteroatoms. The minimum absolute atomic E-state index is 0.473. The van der Waals surface area contributed by atoms with Gasteiger partial charge in [-0.15, -0.1) is 0 Å². The number of nitrogens with zero attached hydrogens (tertiary/aromatic N) is 2. The van der Waals surface area contributed by atoms with Crippen molar-refractivity contribution < 1.29 is 4.74 Å². The van der Waals surface area contributed by atoms with Crippen molar-refractivity contribution in [3.63, 3.8) is 0 Å². The van der Waals surface area contributed by atoms with Crippen molar-refractivity contribution >= 4 is 5.96 Å². The second-order valence-electron chi connectivity index (χ2n) is 6.37. The number of hydrogen-bond donors (Lipinski definition) is 3. The summed E-state index contributed by atoms with van der Waals surface area (Å²) < 4.78 is 5.71. The van der Waals surface area contributed by atoms with Gasteiger partial charge in [0.2, 0.25) is 0 Å². The summed E-state index contributed by atoms with van der Waals surface area (Å²) in [5.74, 6) is 2.40. The molecular weight excluding hydrogens is 362 g/mol. The Labute approximate surface area is 171 Å². The molecular formula is C23H27N5O. The standard InChI is InChI=1S/C23H27N5O/c1-3-14-29-21-13-9-8-12-19(21)15-26-23(24-4-2)27-17-22-25-16-20(28-22)18-10-6-5-7-11-18/h3,5-13,16H,1,4,14-15,17H2,2H3,(H,25,28)(H2,24,26,27). The second-order valence-corrected chi connectivity index (χ2v) is 6.37. The molecule has 0 saturated heterocycles. The molecule has 0 unspecified atom stereocenters. The molecule has 0 amide bonds. The van der Waals surface area contributed by atoms with Crippen molar-refractivity contribution in [2.45, 2.75) is 20.0 Å². The van der Waals surface area contributed by atoms with Gasteiger partial charge in [-0.05, 0) is 18.6 Å². The number of ether oxygens (including phenoxy) is 1. The first-order chi connectivity index (χ1) is 14.3. The molecule has 0 fully saturated rings. The SMILES string of the molecule is C=CCOc1ccccc1CN=C(NCC)NCc1ncc(-c2ccccc2)[nH]1. The number of hydrogen-bond acceptors (Lipinski definition) is 3. The maximum Gasteiger partial charge on any atom is 0.191 e. The Kier molecular flexibility index (Phi) is 7.46. The fraction of sp³-hybridized carbons (Fsp3) is 0.217. The number of nitrogens with one attached hydrogen (secondary N) is 3. The average molecular weight is 390 g/mol. The van der Waals surface area contributed by atoms with Gasteiger partial charge < -0.3 is 20.4 Å². The third kappa shape index (κ3) is 5.97. The first-order valence-corrected chi connectivity index (χ1v) is 9.73. The van der Waals surface area contributed by atoms with Gasteiger partial charge >= 0.3 is 0 Å². The number of guanidine groups is 1. The Morgan fingerprint density at radius 3 is 2.72 bits per heavy atom. The molecule has 1 heterocycles. The van der Waals surface area contributed by atoms with E-state index in [-0.39, 0.29) is 0 Å². The van der Waals surface area contributed by atoms with E-state index >= 15 is 0 Å². The molecule has 0 aliphatic rings. The molecule has 3 N–H and O–H groups in total. The van der Waals surface area contributed by atoms with Crippen LogP contribution >= 0.6 is 0 Å². The van der Waals surface area contributed by atoms with Crippen LogP contribution in [0.4, 0.5) is 0 Å². The number of aromatic nitrogens is 2. The predicted octanol–water partition coefficient (Wildman–Crippen LogP) is 3.90. The van der Waals surface area contributed by atoms with Crippen LogP contribution in [0.5, 0.6) is 5.75 Å². The van der Waals surface area contributed by atoms with Gasteiger partial charge in [-0.25, -0.2) is 9.98 Å². The fourth-order valence-electron chi connectivity index (χ4n) is 2.81. The van der Waals surface area contributed by atoms with Crippen LogP contribution in [-0.2, 0) is 13.1 Å². The van der Waals surface area contributed by atoms with Crippen molar-refractivity contribution in [3.05, 3.63) is 84.8 Å². The Morgan fingerprint density at radius 2 is 1.93 bits per heavy atom. The molecule has 150 valence electrons. The maximum atomic E-state index is 5.71. The molecule has 3 aromatic rings. The highest BCUT2D eigenvalue weighted by atomic mass is 16.5. The lowest BCUT2D eigenvalue weighted by Gasteiger charge is -2.12. The van der Waals surface area contributed by atoms with Crippen molar-refractivity contribution in [2.24, 2.45) is 4.99 Å². The Balaban J connectivity index is 1.63. The van der Waals surface area contributed by atoms with Gasteiger partial charge in [0.05, 0.1) is 25.0 Å². The Morgan fingerprint density at radius 1 is 1.14 bits per heavy atom. The zero-order chi connectivity index (χ0) is 20.3. The average Bonchev–Trinajstić information content (AvgIpc) is 3.24. The van der Waals surface area contributed by atoms with Crippen molar-refractivity contribution in [1.29, 1.82) is 0 Å². The summed E-state index contributed by atoms with van der Waals surface area (Å²) in [6.45, 7) is 8.04. The number of para-hydroxylation sites is 1. The largest absolute Gasteiger partial charge is 0.489 e. The van der Waals surface area contributed by atoms with Gasteiger partial charge in [-0.1, -0.05) is 61.2 Å². The molecule has 1 aromatic heterocycles. The number of aliphatic imine (C=N–C) groups is 1. The number of imidazole rings is 1. The van der Waals surface area contributed by atoms with E-state index < -0.39 is 0 Å². The first-order valence-electron chi connectivity index (χ1n) is 9.73. The van der Waals surface area contributed by atoms with E-state index in [4.69, 9.17) is 4.74 Å². The number of rotatable bonds is 9. The summed E-state index contributed by atoms with van der Waals surface area (Å²) in [5, 5.41) is 6.59.